The van der Waals surface area contributed by atoms with Crippen molar-refractivity contribution in [3.8, 4) is 6.07 Å². The summed E-state index contributed by atoms with van der Waals surface area (Å²) in [4.78, 5) is 4.49. The zero-order valence-corrected chi connectivity index (χ0v) is 16.6. The Balaban J connectivity index is 1.59. The molecule has 0 saturated heterocycles. The first kappa shape index (κ1) is 19.3. The predicted molar refractivity (Wildman–Crippen MR) is 108 cm³/mol. The van der Waals surface area contributed by atoms with Crippen molar-refractivity contribution in [1.29, 1.82) is 5.26 Å². The number of anilines is 1. The van der Waals surface area contributed by atoms with Crippen LogP contribution in [-0.4, -0.2) is 19.4 Å². The number of nitrogens with one attached hydrogen (secondary N) is 2. The summed E-state index contributed by atoms with van der Waals surface area (Å²) in [6, 6.07) is 11.4. The highest BCUT2D eigenvalue weighted by atomic mass is 32.2. The van der Waals surface area contributed by atoms with Crippen molar-refractivity contribution in [1.82, 2.24) is 9.71 Å². The van der Waals surface area contributed by atoms with Gasteiger partial charge in [0.05, 0.1) is 21.7 Å². The summed E-state index contributed by atoms with van der Waals surface area (Å²) in [6.07, 6.45) is 3.22. The fraction of sp³-hybridized carbons (Fsp3) is 0.238. The molecule has 0 amide bonds. The smallest absolute Gasteiger partial charge is 0.240 e. The largest absolute Gasteiger partial charge is 0.379 e. The van der Waals surface area contributed by atoms with Crippen LogP contribution in [0.15, 0.2) is 47.5 Å². The van der Waals surface area contributed by atoms with Gasteiger partial charge in [-0.05, 0) is 55.2 Å². The molecule has 8 heteroatoms. The van der Waals surface area contributed by atoms with Crippen LogP contribution in [0.1, 0.15) is 29.5 Å². The third-order valence-corrected chi connectivity index (χ3v) is 6.39. The first-order chi connectivity index (χ1) is 13.9. The van der Waals surface area contributed by atoms with Crippen molar-refractivity contribution >= 4 is 26.6 Å². The number of nitriles is 1. The van der Waals surface area contributed by atoms with Gasteiger partial charge in [-0.1, -0.05) is 12.1 Å². The van der Waals surface area contributed by atoms with Crippen molar-refractivity contribution in [3.63, 3.8) is 0 Å². The number of fused-ring (bicyclic) bond motifs is 1. The monoisotopic (exact) mass is 410 g/mol. The van der Waals surface area contributed by atoms with E-state index in [4.69, 9.17) is 0 Å². The lowest BCUT2D eigenvalue weighted by Gasteiger charge is -2.13. The number of sulfonamides is 1. The molecule has 3 aromatic rings. The maximum Gasteiger partial charge on any atom is 0.240 e. The molecule has 148 valence electrons. The molecule has 0 atom stereocenters. The molecule has 2 N–H and O–H groups in total. The molecule has 0 unspecified atom stereocenters. The lowest BCUT2D eigenvalue weighted by atomic mass is 10.1. The molecule has 1 heterocycles. The molecule has 0 aliphatic heterocycles. The van der Waals surface area contributed by atoms with Crippen LogP contribution in [0.5, 0.6) is 0 Å². The van der Waals surface area contributed by atoms with Crippen LogP contribution >= 0.6 is 0 Å². The Labute approximate surface area is 168 Å². The van der Waals surface area contributed by atoms with E-state index in [0.717, 1.165) is 18.4 Å². The first-order valence-electron chi connectivity index (χ1n) is 9.21. The standard InChI is InChI=1S/C21H19FN4O2S/c1-13-8-16(22)9-19-20(13)25-12-15(10-23)21(19)24-11-14-2-6-18(7-3-14)29(27,28)26-17-4-5-17/h2-3,6-9,12,17,26H,4-5,11H2,1H3,(H,24,25). The molecule has 4 rings (SSSR count). The van der Waals surface area contributed by atoms with Gasteiger partial charge in [-0.2, -0.15) is 5.26 Å². The Bertz CT molecular complexity index is 1230. The molecular formula is C21H19FN4O2S. The van der Waals surface area contributed by atoms with Crippen LogP contribution in [0.25, 0.3) is 10.9 Å². The van der Waals surface area contributed by atoms with E-state index in [1.807, 2.05) is 0 Å². The molecule has 0 spiro atoms. The van der Waals surface area contributed by atoms with Gasteiger partial charge in [0.2, 0.25) is 10.0 Å². The lowest BCUT2D eigenvalue weighted by Crippen LogP contribution is -2.25. The molecule has 29 heavy (non-hydrogen) atoms. The molecular weight excluding hydrogens is 391 g/mol. The Morgan fingerprint density at radius 3 is 2.62 bits per heavy atom. The van der Waals surface area contributed by atoms with Crippen LogP contribution in [0.2, 0.25) is 0 Å². The van der Waals surface area contributed by atoms with Crippen molar-refractivity contribution < 1.29 is 12.8 Å². The van der Waals surface area contributed by atoms with E-state index in [1.54, 1.807) is 31.2 Å². The molecule has 1 aliphatic rings. The number of hydrogen-bond donors (Lipinski definition) is 2. The number of rotatable bonds is 6. The fourth-order valence-electron chi connectivity index (χ4n) is 3.18. The number of pyridine rings is 1. The lowest BCUT2D eigenvalue weighted by molar-refractivity contribution is 0.581. The average Bonchev–Trinajstić information content (AvgIpc) is 3.49. The van der Waals surface area contributed by atoms with Crippen molar-refractivity contribution in [2.24, 2.45) is 0 Å². The fourth-order valence-corrected chi connectivity index (χ4v) is 4.48. The van der Waals surface area contributed by atoms with Gasteiger partial charge in [-0.3, -0.25) is 4.98 Å². The van der Waals surface area contributed by atoms with E-state index in [2.05, 4.69) is 21.1 Å². The second-order valence-electron chi connectivity index (χ2n) is 7.17. The van der Waals surface area contributed by atoms with Crippen LogP contribution in [0, 0.1) is 24.1 Å². The number of aryl methyl sites for hydroxylation is 1. The van der Waals surface area contributed by atoms with E-state index in [0.29, 0.717) is 34.3 Å². The number of halogens is 1. The van der Waals surface area contributed by atoms with Crippen LogP contribution in [0.4, 0.5) is 10.1 Å². The van der Waals surface area contributed by atoms with Gasteiger partial charge >= 0.3 is 0 Å². The minimum absolute atomic E-state index is 0.0505. The number of hydrogen-bond acceptors (Lipinski definition) is 5. The van der Waals surface area contributed by atoms with Gasteiger partial charge in [-0.15, -0.1) is 0 Å². The van der Waals surface area contributed by atoms with Crippen LogP contribution in [0.3, 0.4) is 0 Å². The van der Waals surface area contributed by atoms with Gasteiger partial charge in [0.25, 0.3) is 0 Å². The van der Waals surface area contributed by atoms with Crippen LogP contribution in [-0.2, 0) is 16.6 Å². The predicted octanol–water partition coefficient (Wildman–Crippen LogP) is 3.61. The van der Waals surface area contributed by atoms with Crippen LogP contribution < -0.4 is 10.0 Å². The maximum atomic E-state index is 13.9. The van der Waals surface area contributed by atoms with Crippen molar-refractivity contribution in [2.75, 3.05) is 5.32 Å². The number of aromatic nitrogens is 1. The second kappa shape index (κ2) is 7.43. The molecule has 0 radical (unpaired) electrons. The molecule has 6 nitrogen and oxygen atoms in total. The van der Waals surface area contributed by atoms with Crippen molar-refractivity contribution in [3.05, 3.63) is 65.1 Å². The summed E-state index contributed by atoms with van der Waals surface area (Å²) in [6.45, 7) is 2.11. The number of nitrogens with zero attached hydrogens (tertiary/aromatic N) is 2. The highest BCUT2D eigenvalue weighted by Crippen LogP contribution is 2.29. The third-order valence-electron chi connectivity index (χ3n) is 4.85. The summed E-state index contributed by atoms with van der Waals surface area (Å²) in [5.41, 5.74) is 2.96. The summed E-state index contributed by atoms with van der Waals surface area (Å²) in [5.74, 6) is -0.396. The highest BCUT2D eigenvalue weighted by Gasteiger charge is 2.27. The van der Waals surface area contributed by atoms with E-state index in [-0.39, 0.29) is 10.9 Å². The molecule has 1 aromatic heterocycles. The number of benzene rings is 2. The Hall–Kier alpha value is -3.02. The van der Waals surface area contributed by atoms with Gasteiger partial charge < -0.3 is 5.32 Å². The molecule has 2 aromatic carbocycles. The molecule has 1 aliphatic carbocycles. The molecule has 0 bridgehead atoms. The highest BCUT2D eigenvalue weighted by molar-refractivity contribution is 7.89. The SMILES string of the molecule is Cc1cc(F)cc2c(NCc3ccc(S(=O)(=O)NC4CC4)cc3)c(C#N)cnc12. The minimum Gasteiger partial charge on any atom is -0.379 e. The van der Waals surface area contributed by atoms with Gasteiger partial charge in [0, 0.05) is 24.2 Å². The van der Waals surface area contributed by atoms with E-state index in [9.17, 15) is 18.1 Å². The van der Waals surface area contributed by atoms with E-state index in [1.165, 1.54) is 18.3 Å². The van der Waals surface area contributed by atoms with E-state index >= 15 is 0 Å². The zero-order valence-electron chi connectivity index (χ0n) is 15.7. The molecule has 1 saturated carbocycles. The average molecular weight is 410 g/mol. The zero-order chi connectivity index (χ0) is 20.6. The maximum absolute atomic E-state index is 13.9. The van der Waals surface area contributed by atoms with Gasteiger partial charge in [-0.25, -0.2) is 17.5 Å². The van der Waals surface area contributed by atoms with Gasteiger partial charge in [0.15, 0.2) is 0 Å². The Morgan fingerprint density at radius 2 is 1.97 bits per heavy atom. The minimum atomic E-state index is -3.49. The second-order valence-corrected chi connectivity index (χ2v) is 8.88. The Morgan fingerprint density at radius 1 is 1.24 bits per heavy atom. The summed E-state index contributed by atoms with van der Waals surface area (Å²) >= 11 is 0. The summed E-state index contributed by atoms with van der Waals surface area (Å²) in [7, 11) is -3.49. The topological polar surface area (TPSA) is 94.9 Å². The first-order valence-corrected chi connectivity index (χ1v) is 10.7. The summed E-state index contributed by atoms with van der Waals surface area (Å²) < 4.78 is 41.1. The summed E-state index contributed by atoms with van der Waals surface area (Å²) in [5, 5.41) is 13.1. The molecule has 1 fully saturated rings. The van der Waals surface area contributed by atoms with Gasteiger partial charge in [0.1, 0.15) is 11.9 Å². The normalized spacial score (nSPS) is 14.0. The quantitative estimate of drug-likeness (QED) is 0.647. The Kier molecular flexibility index (Phi) is 4.94. The van der Waals surface area contributed by atoms with E-state index < -0.39 is 15.8 Å². The van der Waals surface area contributed by atoms with Crippen molar-refractivity contribution in [2.45, 2.75) is 37.2 Å². The third kappa shape index (κ3) is 4.06.